The summed E-state index contributed by atoms with van der Waals surface area (Å²) in [6.07, 6.45) is -1.81. The van der Waals surface area contributed by atoms with E-state index in [0.29, 0.717) is 0 Å². The summed E-state index contributed by atoms with van der Waals surface area (Å²) in [5.41, 5.74) is 0.176. The van der Waals surface area contributed by atoms with Crippen molar-refractivity contribution in [3.63, 3.8) is 0 Å². The zero-order valence-corrected chi connectivity index (χ0v) is 11.4. The topological polar surface area (TPSA) is 57.4 Å². The van der Waals surface area contributed by atoms with Crippen molar-refractivity contribution in [3.05, 3.63) is 35.4 Å². The van der Waals surface area contributed by atoms with Gasteiger partial charge in [-0.15, -0.1) is 0 Å². The molecule has 21 heavy (non-hydrogen) atoms. The molecule has 0 saturated carbocycles. The Morgan fingerprint density at radius 3 is 3.33 bits per heavy atom. The molecule has 1 saturated heterocycles. The van der Waals surface area contributed by atoms with Gasteiger partial charge in [0.2, 0.25) is 0 Å². The number of cyclic esters (lactones) is 1. The standard InChI is InChI=1S/C16H21N3O2/c1-19(2)6-5-12-9-17-15-4-3-11(8-14(12)15)7-13-10-21-16(20)18-13/h3-4,8-9,13,17H,5-7,10H2,1-2H3,(H,18,20)/t13-/m0/s1/i1D3,3D,4D,8D,9D,10D2,13D. The van der Waals surface area contributed by atoms with Crippen molar-refractivity contribution >= 4 is 17.0 Å². The molecular weight excluding hydrogens is 266 g/mol. The quantitative estimate of drug-likeness (QED) is 0.886. The number of hydrogen-bond donors (Lipinski definition) is 2. The number of ether oxygens (including phenoxy) is 1. The molecule has 0 spiro atoms. The second kappa shape index (κ2) is 5.77. The third-order valence-electron chi connectivity index (χ3n) is 3.08. The average Bonchev–Trinajstić information content (AvgIpc) is 3.06. The number of H-pyrrole nitrogens is 1. The van der Waals surface area contributed by atoms with Crippen LogP contribution in [0.5, 0.6) is 0 Å². The van der Waals surface area contributed by atoms with Gasteiger partial charge in [0, 0.05) is 27.7 Å². The van der Waals surface area contributed by atoms with E-state index < -0.39 is 38.1 Å². The number of benzene rings is 1. The first-order valence-electron chi connectivity index (χ1n) is 11.4. The number of nitrogens with zero attached hydrogens (tertiary/aromatic N) is 1. The Morgan fingerprint density at radius 2 is 2.57 bits per heavy atom. The summed E-state index contributed by atoms with van der Waals surface area (Å²) in [5.74, 6) is 0. The van der Waals surface area contributed by atoms with Crippen LogP contribution in [0.15, 0.2) is 24.3 Å². The van der Waals surface area contributed by atoms with Crippen molar-refractivity contribution in [1.29, 1.82) is 0 Å². The minimum absolute atomic E-state index is 0.0366. The van der Waals surface area contributed by atoms with Gasteiger partial charge in [0.15, 0.2) is 0 Å². The second-order valence-corrected chi connectivity index (χ2v) is 4.78. The van der Waals surface area contributed by atoms with Gasteiger partial charge in [-0.25, -0.2) is 4.79 Å². The van der Waals surface area contributed by atoms with Gasteiger partial charge in [0.05, 0.1) is 15.6 Å². The first-order chi connectivity index (χ1) is 14.1. The third kappa shape index (κ3) is 3.19. The highest BCUT2D eigenvalue weighted by atomic mass is 16.6. The fraction of sp³-hybridized carbons (Fsp3) is 0.438. The van der Waals surface area contributed by atoms with Gasteiger partial charge in [0.25, 0.3) is 0 Å². The van der Waals surface area contributed by atoms with Gasteiger partial charge in [0.1, 0.15) is 6.56 Å². The van der Waals surface area contributed by atoms with E-state index in [4.69, 9.17) is 13.7 Å². The normalized spacial score (nSPS) is 31.6. The Kier molecular flexibility index (Phi) is 1.76. The molecule has 5 nitrogen and oxygen atoms in total. The molecule has 0 bridgehead atoms. The van der Waals surface area contributed by atoms with Crippen LogP contribution < -0.4 is 5.32 Å². The number of aromatic nitrogens is 1. The van der Waals surface area contributed by atoms with E-state index in [0.717, 1.165) is 4.90 Å². The summed E-state index contributed by atoms with van der Waals surface area (Å²) in [6.45, 7) is -5.04. The highest BCUT2D eigenvalue weighted by molar-refractivity contribution is 5.84. The molecule has 2 aromatic rings. The van der Waals surface area contributed by atoms with Crippen LogP contribution in [-0.2, 0) is 17.6 Å². The molecule has 1 aromatic heterocycles. The van der Waals surface area contributed by atoms with Crippen LogP contribution in [0.4, 0.5) is 4.79 Å². The largest absolute Gasteiger partial charge is 0.447 e. The monoisotopic (exact) mass is 297 g/mol. The number of alkyl carbamates (subject to hydrolysis) is 1. The fourth-order valence-corrected chi connectivity index (χ4v) is 2.06. The molecule has 2 N–H and O–H groups in total. The zero-order chi connectivity index (χ0) is 23.5. The summed E-state index contributed by atoms with van der Waals surface area (Å²) < 4.78 is 84.0. The summed E-state index contributed by atoms with van der Waals surface area (Å²) in [5, 5.41) is 2.19. The van der Waals surface area contributed by atoms with Gasteiger partial charge < -0.3 is 19.9 Å². The zero-order valence-electron chi connectivity index (χ0n) is 21.4. The number of nitrogens with one attached hydrogen (secondary N) is 2. The number of aromatic amines is 1. The fourth-order valence-electron chi connectivity index (χ4n) is 2.06. The molecule has 1 fully saturated rings. The predicted molar refractivity (Wildman–Crippen MR) is 82.5 cm³/mol. The van der Waals surface area contributed by atoms with Crippen LogP contribution in [0.2, 0.25) is 0 Å². The van der Waals surface area contributed by atoms with E-state index in [9.17, 15) is 4.79 Å². The van der Waals surface area contributed by atoms with E-state index in [1.165, 1.54) is 7.05 Å². The predicted octanol–water partition coefficient (Wildman–Crippen LogP) is 1.92. The first-order valence-corrected chi connectivity index (χ1v) is 6.41. The van der Waals surface area contributed by atoms with Crippen LogP contribution in [-0.4, -0.2) is 49.1 Å². The minimum Gasteiger partial charge on any atom is -0.447 e. The van der Waals surface area contributed by atoms with E-state index in [1.807, 2.05) is 0 Å². The molecule has 0 aliphatic carbocycles. The molecule has 1 amide bonds. The van der Waals surface area contributed by atoms with Gasteiger partial charge >= 0.3 is 6.09 Å². The van der Waals surface area contributed by atoms with E-state index in [2.05, 4.69) is 15.0 Å². The maximum absolute atomic E-state index is 11.5. The number of likely N-dealkylation sites (N-methyl/N-ethyl adjacent to an activating group) is 1. The summed E-state index contributed by atoms with van der Waals surface area (Å²) >= 11 is 0. The van der Waals surface area contributed by atoms with Crippen molar-refractivity contribution < 1.29 is 23.2 Å². The molecule has 5 heteroatoms. The van der Waals surface area contributed by atoms with Crippen molar-refractivity contribution in [2.75, 3.05) is 27.1 Å². The van der Waals surface area contributed by atoms with E-state index >= 15 is 0 Å². The molecular formula is C16H21N3O2. The molecule has 1 aromatic carbocycles. The van der Waals surface area contributed by atoms with E-state index in [1.54, 1.807) is 0 Å². The van der Waals surface area contributed by atoms with E-state index in [-0.39, 0.29) is 53.3 Å². The number of amides is 1. The van der Waals surface area contributed by atoms with Crippen molar-refractivity contribution in [1.82, 2.24) is 15.2 Å². The minimum atomic E-state index is -2.73. The Hall–Kier alpha value is -2.01. The SMILES string of the molecule is [2H]c1[nH]c2c([2H])c([2H])c(C[C@]3([2H])NC(=O)OC3([2H])[2H])c([2H])c2c1CCN(C)C([2H])([2H])[2H]. The Balaban J connectivity index is 2.09. The lowest BCUT2D eigenvalue weighted by Gasteiger charge is -2.09. The van der Waals surface area contributed by atoms with Crippen molar-refractivity contribution in [3.8, 4) is 0 Å². The molecule has 3 rings (SSSR count). The lowest BCUT2D eigenvalue weighted by Crippen LogP contribution is -2.28. The molecule has 0 radical (unpaired) electrons. The highest BCUT2D eigenvalue weighted by Gasteiger charge is 2.22. The highest BCUT2D eigenvalue weighted by Crippen LogP contribution is 2.21. The number of rotatable bonds is 5. The Labute approximate surface area is 138 Å². The Bertz CT molecular complexity index is 1050. The number of carbonyl (C=O) groups is 1. The van der Waals surface area contributed by atoms with Gasteiger partial charge in [-0.3, -0.25) is 0 Å². The molecule has 2 heterocycles. The molecule has 0 unspecified atom stereocenters. The first kappa shape index (κ1) is 6.40. The van der Waals surface area contributed by atoms with Crippen LogP contribution >= 0.6 is 0 Å². The third-order valence-corrected chi connectivity index (χ3v) is 3.08. The number of hydrogen-bond acceptors (Lipinski definition) is 3. The number of fused-ring (bicyclic) bond motifs is 1. The van der Waals surface area contributed by atoms with Crippen LogP contribution in [0.3, 0.4) is 0 Å². The molecule has 112 valence electrons. The average molecular weight is 297 g/mol. The van der Waals surface area contributed by atoms with Crippen molar-refractivity contribution in [2.24, 2.45) is 0 Å². The van der Waals surface area contributed by atoms with Gasteiger partial charge in [-0.2, -0.15) is 0 Å². The molecule has 1 aliphatic rings. The van der Waals surface area contributed by atoms with Crippen LogP contribution in [0, 0.1) is 0 Å². The second-order valence-electron chi connectivity index (χ2n) is 4.78. The van der Waals surface area contributed by atoms with Gasteiger partial charge in [-0.05, 0) is 50.1 Å². The summed E-state index contributed by atoms with van der Waals surface area (Å²) in [6, 6.07) is -3.40. The number of carbonyl (C=O) groups excluding carboxylic acids is 1. The van der Waals surface area contributed by atoms with Crippen LogP contribution in [0.1, 0.15) is 24.8 Å². The summed E-state index contributed by atoms with van der Waals surface area (Å²) in [4.78, 5) is 15.3. The van der Waals surface area contributed by atoms with Crippen LogP contribution in [0.25, 0.3) is 10.9 Å². The Morgan fingerprint density at radius 1 is 1.67 bits per heavy atom. The maximum atomic E-state index is 11.5. The molecule has 1 atom stereocenters. The lowest BCUT2D eigenvalue weighted by molar-refractivity contribution is 0.177. The maximum Gasteiger partial charge on any atom is 0.407 e. The van der Waals surface area contributed by atoms with Gasteiger partial charge in [-0.1, -0.05) is 6.04 Å². The molecule has 1 aliphatic heterocycles. The van der Waals surface area contributed by atoms with Crippen molar-refractivity contribution in [2.45, 2.75) is 18.9 Å². The summed E-state index contributed by atoms with van der Waals surface area (Å²) in [7, 11) is 1.39. The smallest absolute Gasteiger partial charge is 0.407 e. The lowest BCUT2D eigenvalue weighted by atomic mass is 10.0.